The van der Waals surface area contributed by atoms with E-state index in [1.807, 2.05) is 6.08 Å². The van der Waals surface area contributed by atoms with Gasteiger partial charge in [-0.1, -0.05) is 38.2 Å². The van der Waals surface area contributed by atoms with Gasteiger partial charge < -0.3 is 0 Å². The van der Waals surface area contributed by atoms with E-state index in [4.69, 9.17) is 11.1 Å². The van der Waals surface area contributed by atoms with E-state index in [-0.39, 0.29) is 0 Å². The summed E-state index contributed by atoms with van der Waals surface area (Å²) in [7, 11) is -0.929. The highest BCUT2D eigenvalue weighted by Gasteiger charge is 2.21. The molecule has 1 aliphatic rings. The molecule has 0 aliphatic heterocycles. The van der Waals surface area contributed by atoms with Crippen molar-refractivity contribution < 1.29 is 0 Å². The second kappa shape index (κ2) is 4.99. The number of allylic oxidation sites excluding steroid dienone is 1. The van der Waals surface area contributed by atoms with E-state index in [1.54, 1.807) is 0 Å². The van der Waals surface area contributed by atoms with Crippen molar-refractivity contribution in [3.05, 3.63) is 12.7 Å². The maximum absolute atomic E-state index is 6.33. The molecule has 0 N–H and O–H groups in total. The zero-order valence-electron chi connectivity index (χ0n) is 7.06. The number of hydrogen-bond acceptors (Lipinski definition) is 0. The molecule has 0 bridgehead atoms. The Bertz CT molecular complexity index is 119. The van der Waals surface area contributed by atoms with Gasteiger partial charge in [-0.25, -0.2) is 0 Å². The van der Waals surface area contributed by atoms with Gasteiger partial charge in [-0.2, -0.15) is 11.1 Å². The van der Waals surface area contributed by atoms with Gasteiger partial charge in [0.1, 0.15) is 8.11 Å². The lowest BCUT2D eigenvalue weighted by Gasteiger charge is -2.23. The summed E-state index contributed by atoms with van der Waals surface area (Å²) in [5.74, 6) is 0. The molecule has 0 aromatic heterocycles. The van der Waals surface area contributed by atoms with Crippen molar-refractivity contribution in [1.29, 1.82) is 0 Å². The van der Waals surface area contributed by atoms with Crippen LogP contribution in [-0.2, 0) is 0 Å². The van der Waals surface area contributed by atoms with E-state index >= 15 is 0 Å². The molecular weight excluding hydrogens is 172 g/mol. The standard InChI is InChI=1S/C9H17ClSi/c1-2-8-11(10)9-6-4-3-5-7-9/h2,9,11H,1,3-8H2. The van der Waals surface area contributed by atoms with Crippen molar-refractivity contribution in [2.45, 2.75) is 43.7 Å². The smallest absolute Gasteiger partial charge is 0.147 e. The van der Waals surface area contributed by atoms with Crippen LogP contribution in [0.3, 0.4) is 0 Å². The molecule has 0 heterocycles. The second-order valence-electron chi connectivity index (χ2n) is 3.44. The first-order valence-electron chi connectivity index (χ1n) is 4.59. The zero-order chi connectivity index (χ0) is 8.10. The van der Waals surface area contributed by atoms with Gasteiger partial charge in [0.15, 0.2) is 0 Å². The van der Waals surface area contributed by atoms with Crippen LogP contribution >= 0.6 is 11.1 Å². The van der Waals surface area contributed by atoms with Crippen molar-refractivity contribution in [3.8, 4) is 0 Å². The van der Waals surface area contributed by atoms with E-state index < -0.39 is 8.11 Å². The fourth-order valence-corrected chi connectivity index (χ4v) is 4.88. The van der Waals surface area contributed by atoms with Crippen molar-refractivity contribution in [1.82, 2.24) is 0 Å². The molecule has 2 heteroatoms. The molecule has 1 rings (SSSR count). The summed E-state index contributed by atoms with van der Waals surface area (Å²) in [5.41, 5.74) is 0.906. The van der Waals surface area contributed by atoms with Crippen molar-refractivity contribution in [2.24, 2.45) is 0 Å². The maximum atomic E-state index is 6.33. The highest BCUT2D eigenvalue weighted by atomic mass is 35.6. The van der Waals surface area contributed by atoms with Crippen molar-refractivity contribution in [3.63, 3.8) is 0 Å². The van der Waals surface area contributed by atoms with Gasteiger partial charge in [0, 0.05) is 0 Å². The first-order chi connectivity index (χ1) is 5.34. The third-order valence-electron chi connectivity index (χ3n) is 2.55. The predicted octanol–water partition coefficient (Wildman–Crippen LogP) is 3.47. The molecule has 1 fully saturated rings. The van der Waals surface area contributed by atoms with Gasteiger partial charge in [-0.3, -0.25) is 0 Å². The Morgan fingerprint density at radius 1 is 1.36 bits per heavy atom. The predicted molar refractivity (Wildman–Crippen MR) is 54.8 cm³/mol. The SMILES string of the molecule is C=CC[SiH](Cl)C1CCCCC1. The maximum Gasteiger partial charge on any atom is 0.147 e. The zero-order valence-corrected chi connectivity index (χ0v) is 8.97. The Morgan fingerprint density at radius 2 is 2.00 bits per heavy atom. The van der Waals surface area contributed by atoms with Crippen LogP contribution in [0, 0.1) is 0 Å². The van der Waals surface area contributed by atoms with Gasteiger partial charge in [0.05, 0.1) is 0 Å². The average Bonchev–Trinajstić information content (AvgIpc) is 2.07. The average molecular weight is 189 g/mol. The van der Waals surface area contributed by atoms with E-state index in [0.29, 0.717) is 0 Å². The van der Waals surface area contributed by atoms with Crippen LogP contribution in [0.5, 0.6) is 0 Å². The first-order valence-corrected chi connectivity index (χ1v) is 7.82. The minimum atomic E-state index is -0.929. The lowest BCUT2D eigenvalue weighted by molar-refractivity contribution is 0.499. The van der Waals surface area contributed by atoms with Crippen LogP contribution in [0.2, 0.25) is 11.6 Å². The summed E-state index contributed by atoms with van der Waals surface area (Å²) < 4.78 is 0. The van der Waals surface area contributed by atoms with Crippen LogP contribution in [0.4, 0.5) is 0 Å². The highest BCUT2D eigenvalue weighted by molar-refractivity contribution is 7.07. The van der Waals surface area contributed by atoms with Crippen LogP contribution in [0.1, 0.15) is 32.1 Å². The molecule has 0 radical (unpaired) electrons. The number of rotatable bonds is 3. The Morgan fingerprint density at radius 3 is 2.55 bits per heavy atom. The number of hydrogen-bond donors (Lipinski definition) is 0. The van der Waals surface area contributed by atoms with Gasteiger partial charge in [0.2, 0.25) is 0 Å². The third kappa shape index (κ3) is 3.00. The molecule has 1 unspecified atom stereocenters. The number of halogens is 1. The lowest BCUT2D eigenvalue weighted by atomic mass is 10.0. The van der Waals surface area contributed by atoms with Gasteiger partial charge in [-0.15, -0.1) is 6.58 Å². The minimum Gasteiger partial charge on any atom is -0.171 e. The highest BCUT2D eigenvalue weighted by Crippen LogP contribution is 2.33. The normalized spacial score (nSPS) is 23.0. The first kappa shape index (κ1) is 9.34. The Hall–Kier alpha value is 0.247. The fraction of sp³-hybridized carbons (Fsp3) is 0.778. The fourth-order valence-electron chi connectivity index (χ4n) is 1.85. The summed E-state index contributed by atoms with van der Waals surface area (Å²) in [6.07, 6.45) is 9.06. The van der Waals surface area contributed by atoms with Crippen LogP contribution < -0.4 is 0 Å². The molecular formula is C9H17ClSi. The molecule has 1 saturated carbocycles. The molecule has 11 heavy (non-hydrogen) atoms. The van der Waals surface area contributed by atoms with E-state index in [0.717, 1.165) is 11.6 Å². The minimum absolute atomic E-state index is 0.906. The summed E-state index contributed by atoms with van der Waals surface area (Å²) in [4.78, 5) is 0. The molecule has 0 amide bonds. The van der Waals surface area contributed by atoms with Crippen LogP contribution in [0.15, 0.2) is 12.7 Å². The molecule has 1 aliphatic carbocycles. The van der Waals surface area contributed by atoms with Gasteiger partial charge >= 0.3 is 0 Å². The summed E-state index contributed by atoms with van der Waals surface area (Å²) in [6.45, 7) is 3.75. The van der Waals surface area contributed by atoms with Gasteiger partial charge in [0.25, 0.3) is 0 Å². The summed E-state index contributed by atoms with van der Waals surface area (Å²) in [6, 6.07) is 1.12. The van der Waals surface area contributed by atoms with Gasteiger partial charge in [-0.05, 0) is 11.6 Å². The van der Waals surface area contributed by atoms with Crippen molar-refractivity contribution >= 4 is 19.2 Å². The molecule has 0 saturated heterocycles. The quantitative estimate of drug-likeness (QED) is 0.362. The molecule has 64 valence electrons. The third-order valence-corrected chi connectivity index (χ3v) is 6.63. The van der Waals surface area contributed by atoms with Crippen molar-refractivity contribution in [2.75, 3.05) is 0 Å². The topological polar surface area (TPSA) is 0 Å². The molecule has 0 spiro atoms. The Labute approximate surface area is 75.9 Å². The summed E-state index contributed by atoms with van der Waals surface area (Å²) >= 11 is 6.33. The van der Waals surface area contributed by atoms with E-state index in [9.17, 15) is 0 Å². The van der Waals surface area contributed by atoms with Crippen LogP contribution in [-0.4, -0.2) is 8.11 Å². The lowest BCUT2D eigenvalue weighted by Crippen LogP contribution is -2.15. The molecule has 0 nitrogen and oxygen atoms in total. The van der Waals surface area contributed by atoms with Crippen LogP contribution in [0.25, 0.3) is 0 Å². The Balaban J connectivity index is 2.26. The second-order valence-corrected chi connectivity index (χ2v) is 7.57. The monoisotopic (exact) mass is 188 g/mol. The molecule has 0 aromatic rings. The Kier molecular flexibility index (Phi) is 4.24. The molecule has 0 aromatic carbocycles. The summed E-state index contributed by atoms with van der Waals surface area (Å²) in [5, 5.41) is 0. The van der Waals surface area contributed by atoms with E-state index in [1.165, 1.54) is 32.1 Å². The largest absolute Gasteiger partial charge is 0.171 e. The van der Waals surface area contributed by atoms with E-state index in [2.05, 4.69) is 6.58 Å². The molecule has 1 atom stereocenters.